The van der Waals surface area contributed by atoms with Crippen LogP contribution in [0.2, 0.25) is 0 Å². The predicted octanol–water partition coefficient (Wildman–Crippen LogP) is 5.77. The largest absolute Gasteiger partial charge is 0.465 e. The molecule has 0 aliphatic carbocycles. The number of piperidine rings is 1. The van der Waals surface area contributed by atoms with Gasteiger partial charge in [0.05, 0.1) is 42.0 Å². The number of nitrogens with one attached hydrogen (secondary N) is 1. The molecule has 256 valence electrons. The van der Waals surface area contributed by atoms with E-state index in [-0.39, 0.29) is 93.5 Å². The molecule has 0 spiro atoms. The topological polar surface area (TPSA) is 175 Å². The second-order valence-electron chi connectivity index (χ2n) is 13.1. The van der Waals surface area contributed by atoms with Gasteiger partial charge in [-0.15, -0.1) is 11.3 Å². The summed E-state index contributed by atoms with van der Waals surface area (Å²) in [5.74, 6) is -2.12. The Hall–Kier alpha value is -4.66. The van der Waals surface area contributed by atoms with E-state index in [0.29, 0.717) is 16.7 Å². The van der Waals surface area contributed by atoms with Crippen molar-refractivity contribution in [2.75, 3.05) is 29.1 Å². The number of sulfone groups is 1. The van der Waals surface area contributed by atoms with Crippen LogP contribution in [-0.4, -0.2) is 77.1 Å². The van der Waals surface area contributed by atoms with Gasteiger partial charge in [-0.2, -0.15) is 5.26 Å². The Kier molecular flexibility index (Phi) is 7.69. The molecule has 0 saturated carbocycles. The Morgan fingerprint density at radius 3 is 2.47 bits per heavy atom. The number of anilines is 2. The van der Waals surface area contributed by atoms with Crippen LogP contribution in [0.5, 0.6) is 0 Å². The number of carbonyl (C=O) groups is 2. The summed E-state index contributed by atoms with van der Waals surface area (Å²) in [4.78, 5) is 36.1. The van der Waals surface area contributed by atoms with Crippen molar-refractivity contribution >= 4 is 65.2 Å². The maximum atomic E-state index is 17.3. The van der Waals surface area contributed by atoms with Gasteiger partial charge in [0.1, 0.15) is 33.8 Å². The van der Waals surface area contributed by atoms with E-state index < -0.39 is 44.4 Å². The molecule has 0 radical (unpaired) electrons. The number of piperazine rings is 1. The number of ether oxygens (including phenoxy) is 2. The quantitative estimate of drug-likeness (QED) is 0.240. The summed E-state index contributed by atoms with van der Waals surface area (Å²) < 4.78 is 71.3. The van der Waals surface area contributed by atoms with Gasteiger partial charge in [0.15, 0.2) is 5.82 Å². The molecule has 3 aliphatic rings. The lowest BCUT2D eigenvalue weighted by molar-refractivity contribution is 0.0636. The Morgan fingerprint density at radius 2 is 1.84 bits per heavy atom. The number of likely N-dealkylation sites (tertiary alicyclic amines) is 1. The molecule has 4 aromatic rings. The lowest BCUT2D eigenvalue weighted by atomic mass is 9.86. The van der Waals surface area contributed by atoms with E-state index in [1.165, 1.54) is 17.9 Å². The molecule has 3 aliphatic heterocycles. The van der Waals surface area contributed by atoms with Gasteiger partial charge in [0.25, 0.3) is 0 Å². The third kappa shape index (κ3) is 5.29. The molecule has 49 heavy (non-hydrogen) atoms. The number of benzene rings is 2. The molecular weight excluding hydrogens is 683 g/mol. The Labute approximate surface area is 283 Å². The third-order valence-corrected chi connectivity index (χ3v) is 11.5. The molecular formula is C32H30F2N6O7S2. The van der Waals surface area contributed by atoms with Crippen LogP contribution in [-0.2, 0) is 32.5 Å². The fourth-order valence-electron chi connectivity index (χ4n) is 6.82. The first-order valence-corrected chi connectivity index (χ1v) is 17.9. The molecule has 17 heteroatoms. The number of amides is 2. The van der Waals surface area contributed by atoms with Gasteiger partial charge >= 0.3 is 12.2 Å². The number of nitriles is 1. The number of hydrogen-bond donors (Lipinski definition) is 2. The monoisotopic (exact) mass is 712 g/mol. The van der Waals surface area contributed by atoms with E-state index in [1.807, 2.05) is 11.0 Å². The molecule has 13 nitrogen and oxygen atoms in total. The van der Waals surface area contributed by atoms with E-state index in [4.69, 9.17) is 9.47 Å². The summed E-state index contributed by atoms with van der Waals surface area (Å²) in [6, 6.07) is 3.90. The van der Waals surface area contributed by atoms with Crippen LogP contribution in [0.25, 0.3) is 32.1 Å². The highest BCUT2D eigenvalue weighted by Crippen LogP contribution is 2.49. The molecule has 5 heterocycles. The number of carboxylic acid groups (broad SMARTS) is 1. The van der Waals surface area contributed by atoms with E-state index in [9.17, 15) is 28.4 Å². The van der Waals surface area contributed by atoms with Crippen LogP contribution >= 0.6 is 11.3 Å². The van der Waals surface area contributed by atoms with Gasteiger partial charge < -0.3 is 24.4 Å². The summed E-state index contributed by atoms with van der Waals surface area (Å²) in [6.07, 6.45) is -1.28. The van der Waals surface area contributed by atoms with E-state index in [1.54, 1.807) is 20.8 Å². The fourth-order valence-corrected chi connectivity index (χ4v) is 8.58. The zero-order valence-corrected chi connectivity index (χ0v) is 28.4. The minimum absolute atomic E-state index is 0.0441. The molecule has 2 N–H and O–H groups in total. The molecule has 2 amide bonds. The van der Waals surface area contributed by atoms with Gasteiger partial charge in [-0.3, -0.25) is 5.32 Å². The van der Waals surface area contributed by atoms with Gasteiger partial charge in [-0.25, -0.2) is 36.8 Å². The average molecular weight is 713 g/mol. The Morgan fingerprint density at radius 1 is 1.14 bits per heavy atom. The third-order valence-electron chi connectivity index (χ3n) is 8.91. The number of nitrogens with zero attached hydrogens (tertiary/aromatic N) is 5. The first-order valence-electron chi connectivity index (χ1n) is 15.4. The van der Waals surface area contributed by atoms with Gasteiger partial charge in [-0.1, -0.05) is 6.92 Å². The SMILES string of the molecule is CCS(=O)(=O)c1nc(N2C3CC2CN(C(=O)O)C3)c2c3c(c(-c4c(F)ccc5sc(NC(=O)OC(C)(C)C)c(C#N)c45)c(F)c2n1)COC3. The van der Waals surface area contributed by atoms with E-state index in [2.05, 4.69) is 15.3 Å². The van der Waals surface area contributed by atoms with E-state index >= 15 is 8.78 Å². The standard InChI is InChI=1S/C32H30F2N6O7S2/c1-5-49(44,45)29-36-26-23(27(37-29)40-14-8-15(40)11-39(10-14)31(42)43)18-13-46-12-17(18)22(25(26)34)24-19(33)6-7-20-21(24)16(9-35)28(48-20)38-30(41)47-32(2,3)4/h6-7,14-15H,5,8,10-13H2,1-4H3,(H,38,41)(H,42,43). The second kappa shape index (κ2) is 11.5. The van der Waals surface area contributed by atoms with Crippen LogP contribution in [0.3, 0.4) is 0 Å². The van der Waals surface area contributed by atoms with Crippen molar-refractivity contribution in [1.82, 2.24) is 14.9 Å². The summed E-state index contributed by atoms with van der Waals surface area (Å²) in [5.41, 5.74) is -1.11. The van der Waals surface area contributed by atoms with Crippen LogP contribution in [0.15, 0.2) is 17.3 Å². The summed E-state index contributed by atoms with van der Waals surface area (Å²) in [6.45, 7) is 6.55. The first kappa shape index (κ1) is 32.9. The van der Waals surface area contributed by atoms with Crippen molar-refractivity contribution < 1.29 is 41.4 Å². The predicted molar refractivity (Wildman–Crippen MR) is 175 cm³/mol. The minimum Gasteiger partial charge on any atom is -0.465 e. The van der Waals surface area contributed by atoms with Gasteiger partial charge in [0, 0.05) is 34.3 Å². The molecule has 2 aromatic heterocycles. The Balaban J connectivity index is 1.49. The van der Waals surface area contributed by atoms with Crippen LogP contribution in [0.4, 0.5) is 29.2 Å². The molecule has 7 rings (SSSR count). The maximum Gasteiger partial charge on any atom is 0.412 e. The number of halogens is 2. The lowest BCUT2D eigenvalue weighted by Crippen LogP contribution is -2.70. The number of hydrogen-bond acceptors (Lipinski definition) is 11. The number of aromatic nitrogens is 2. The first-order chi connectivity index (χ1) is 23.1. The van der Waals surface area contributed by atoms with Crippen molar-refractivity contribution in [3.63, 3.8) is 0 Å². The zero-order valence-electron chi connectivity index (χ0n) is 26.8. The molecule has 2 saturated heterocycles. The van der Waals surface area contributed by atoms with Crippen LogP contribution in [0, 0.1) is 23.0 Å². The average Bonchev–Trinajstić information content (AvgIpc) is 3.65. The van der Waals surface area contributed by atoms with Crippen molar-refractivity contribution in [3.8, 4) is 17.2 Å². The summed E-state index contributed by atoms with van der Waals surface area (Å²) in [7, 11) is -4.08. The van der Waals surface area contributed by atoms with Crippen molar-refractivity contribution in [2.45, 2.75) is 70.2 Å². The maximum absolute atomic E-state index is 17.3. The second-order valence-corrected chi connectivity index (χ2v) is 16.3. The minimum atomic E-state index is -4.08. The molecule has 2 aromatic carbocycles. The molecule has 2 bridgehead atoms. The highest BCUT2D eigenvalue weighted by molar-refractivity contribution is 7.91. The number of carbonyl (C=O) groups excluding carboxylic acids is 1. The number of thiophene rings is 1. The fraction of sp³-hybridized carbons (Fsp3) is 0.406. The van der Waals surface area contributed by atoms with Crippen molar-refractivity contribution in [3.05, 3.63) is 40.5 Å². The lowest BCUT2D eigenvalue weighted by Gasteiger charge is -2.56. The number of rotatable bonds is 5. The van der Waals surface area contributed by atoms with Crippen LogP contribution in [0.1, 0.15) is 50.8 Å². The van der Waals surface area contributed by atoms with Crippen molar-refractivity contribution in [2.24, 2.45) is 0 Å². The Bertz CT molecular complexity index is 2250. The summed E-state index contributed by atoms with van der Waals surface area (Å²) >= 11 is 0.988. The molecule has 2 fully saturated rings. The molecule has 2 atom stereocenters. The zero-order chi connectivity index (χ0) is 35.2. The normalized spacial score (nSPS) is 18.7. The highest BCUT2D eigenvalue weighted by Gasteiger charge is 2.48. The smallest absolute Gasteiger partial charge is 0.412 e. The molecule has 2 unspecified atom stereocenters. The van der Waals surface area contributed by atoms with Gasteiger partial charge in [0.2, 0.25) is 15.0 Å². The van der Waals surface area contributed by atoms with Crippen LogP contribution < -0.4 is 10.2 Å². The van der Waals surface area contributed by atoms with Gasteiger partial charge in [-0.05, 0) is 50.5 Å². The van der Waals surface area contributed by atoms with E-state index in [0.717, 1.165) is 17.4 Å². The van der Waals surface area contributed by atoms with Crippen molar-refractivity contribution in [1.29, 1.82) is 5.26 Å². The summed E-state index contributed by atoms with van der Waals surface area (Å²) in [5, 5.41) is 22.1. The number of fused-ring (bicyclic) bond motifs is 6. The highest BCUT2D eigenvalue weighted by atomic mass is 32.2.